The molecular formula is C24H29NO8. The molecule has 1 aliphatic carbocycles. The van der Waals surface area contributed by atoms with Gasteiger partial charge in [0.25, 0.3) is 0 Å². The highest BCUT2D eigenvalue weighted by molar-refractivity contribution is 6.15. The van der Waals surface area contributed by atoms with Crippen LogP contribution in [0.1, 0.15) is 31.7 Å². The van der Waals surface area contributed by atoms with Gasteiger partial charge in [0.1, 0.15) is 5.75 Å². The lowest BCUT2D eigenvalue weighted by molar-refractivity contribution is -0.137. The molecule has 1 aliphatic heterocycles. The van der Waals surface area contributed by atoms with Crippen LogP contribution < -0.4 is 0 Å². The second-order valence-corrected chi connectivity index (χ2v) is 8.46. The third kappa shape index (κ3) is 4.85. The van der Waals surface area contributed by atoms with Crippen LogP contribution in [0.2, 0.25) is 0 Å². The Morgan fingerprint density at radius 3 is 2.45 bits per heavy atom. The number of phenolic OH excluding ortho intramolecular Hbond substituents is 1. The molecule has 1 fully saturated rings. The number of ether oxygens (including phenoxy) is 1. The zero-order valence-corrected chi connectivity index (χ0v) is 18.6. The van der Waals surface area contributed by atoms with Crippen molar-refractivity contribution in [3.63, 3.8) is 0 Å². The van der Waals surface area contributed by atoms with Crippen LogP contribution in [0.3, 0.4) is 0 Å². The van der Waals surface area contributed by atoms with Gasteiger partial charge in [-0.05, 0) is 55.0 Å². The van der Waals surface area contributed by atoms with Crippen LogP contribution in [0.4, 0.5) is 4.79 Å². The number of hydrogen-bond acceptors (Lipinski definition) is 8. The van der Waals surface area contributed by atoms with Crippen LogP contribution in [0.25, 0.3) is 6.08 Å². The zero-order chi connectivity index (χ0) is 24.3. The Labute approximate surface area is 191 Å². The average Bonchev–Trinajstić information content (AvgIpc) is 3.06. The van der Waals surface area contributed by atoms with Crippen LogP contribution in [0.15, 0.2) is 41.0 Å². The number of amides is 3. The smallest absolute Gasteiger partial charge is 0.423 e. The first kappa shape index (κ1) is 24.6. The lowest BCUT2D eigenvalue weighted by atomic mass is 9.68. The van der Waals surface area contributed by atoms with Gasteiger partial charge in [0.15, 0.2) is 0 Å². The Balaban J connectivity index is 1.81. The number of likely N-dealkylation sites (tertiary alicyclic amines) is 1. The summed E-state index contributed by atoms with van der Waals surface area (Å²) in [4.78, 5) is 38.0. The maximum Gasteiger partial charge on any atom is 0.423 e. The van der Waals surface area contributed by atoms with Gasteiger partial charge in [-0.25, -0.2) is 4.79 Å². The number of carbonyl (C=O) groups is 3. The SMILES string of the molecule is COC(=O)N1C(=O)[C@@H]2[C@@H](CC(CO)=C([C@H](O)CC/C(C)=C/c3ccc(O)cc3)[C@@H]2CO)C1=O. The fourth-order valence-corrected chi connectivity index (χ4v) is 4.82. The molecule has 3 amide bonds. The second-order valence-electron chi connectivity index (χ2n) is 8.46. The zero-order valence-electron chi connectivity index (χ0n) is 18.6. The van der Waals surface area contributed by atoms with E-state index in [9.17, 15) is 34.8 Å². The summed E-state index contributed by atoms with van der Waals surface area (Å²) in [7, 11) is 1.06. The summed E-state index contributed by atoms with van der Waals surface area (Å²) in [5.74, 6) is -4.12. The Morgan fingerprint density at radius 1 is 1.21 bits per heavy atom. The summed E-state index contributed by atoms with van der Waals surface area (Å²) >= 11 is 0. The van der Waals surface area contributed by atoms with E-state index in [1.807, 2.05) is 13.0 Å². The van der Waals surface area contributed by atoms with E-state index in [4.69, 9.17) is 0 Å². The Bertz CT molecular complexity index is 981. The Hall–Kier alpha value is -3.01. The van der Waals surface area contributed by atoms with E-state index in [1.165, 1.54) is 0 Å². The molecule has 9 nitrogen and oxygen atoms in total. The summed E-state index contributed by atoms with van der Waals surface area (Å²) < 4.78 is 4.55. The van der Waals surface area contributed by atoms with E-state index >= 15 is 0 Å². The van der Waals surface area contributed by atoms with Gasteiger partial charge in [-0.2, -0.15) is 4.90 Å². The number of aliphatic hydroxyl groups excluding tert-OH is 3. The molecule has 1 saturated heterocycles. The predicted octanol–water partition coefficient (Wildman–Crippen LogP) is 1.61. The van der Waals surface area contributed by atoms with E-state index in [0.717, 1.165) is 18.2 Å². The van der Waals surface area contributed by atoms with E-state index < -0.39 is 55.0 Å². The van der Waals surface area contributed by atoms with E-state index in [2.05, 4.69) is 4.74 Å². The van der Waals surface area contributed by atoms with E-state index in [-0.39, 0.29) is 18.6 Å². The van der Waals surface area contributed by atoms with Crippen molar-refractivity contribution < 1.29 is 39.5 Å². The molecule has 4 atom stereocenters. The fourth-order valence-electron chi connectivity index (χ4n) is 4.82. The summed E-state index contributed by atoms with van der Waals surface area (Å²) in [5, 5.41) is 40.4. The van der Waals surface area contributed by atoms with Crippen LogP contribution in [-0.2, 0) is 14.3 Å². The largest absolute Gasteiger partial charge is 0.508 e. The number of allylic oxidation sites excluding steroid dienone is 1. The summed E-state index contributed by atoms with van der Waals surface area (Å²) in [6.07, 6.45) is 0.571. The fraction of sp³-hybridized carbons (Fsp3) is 0.458. The van der Waals surface area contributed by atoms with Crippen molar-refractivity contribution in [2.45, 2.75) is 32.3 Å². The number of aliphatic hydroxyl groups is 3. The van der Waals surface area contributed by atoms with Gasteiger partial charge >= 0.3 is 6.09 Å². The molecule has 0 bridgehead atoms. The average molecular weight is 459 g/mol. The third-order valence-electron chi connectivity index (χ3n) is 6.41. The molecule has 1 aromatic carbocycles. The standard InChI is InChI=1S/C24H29NO8/c1-13(9-14-4-6-16(28)7-5-14)3-8-19(29)20-15(11-26)10-17-21(18(20)12-27)23(31)25(22(17)30)24(32)33-2/h4-7,9,17-19,21,26-29H,3,8,10-12H2,1-2H3/b13-9+/t17-,18+,19-,21-/m1/s1. The quantitative estimate of drug-likeness (QED) is 0.355. The highest BCUT2D eigenvalue weighted by atomic mass is 16.5. The predicted molar refractivity (Wildman–Crippen MR) is 118 cm³/mol. The molecule has 1 heterocycles. The molecule has 1 aromatic rings. The summed E-state index contributed by atoms with van der Waals surface area (Å²) in [5.41, 5.74) is 2.60. The van der Waals surface area contributed by atoms with Crippen molar-refractivity contribution in [3.8, 4) is 5.75 Å². The van der Waals surface area contributed by atoms with Crippen LogP contribution >= 0.6 is 0 Å². The van der Waals surface area contributed by atoms with Crippen molar-refractivity contribution in [1.82, 2.24) is 4.90 Å². The van der Waals surface area contributed by atoms with Gasteiger partial charge in [0, 0.05) is 5.92 Å². The van der Waals surface area contributed by atoms with Crippen molar-refractivity contribution in [2.24, 2.45) is 17.8 Å². The number of aromatic hydroxyl groups is 1. The minimum atomic E-state index is -1.08. The van der Waals surface area contributed by atoms with E-state index in [0.29, 0.717) is 22.5 Å². The molecule has 3 rings (SSSR count). The number of phenols is 1. The van der Waals surface area contributed by atoms with Crippen LogP contribution in [0, 0.1) is 17.8 Å². The number of benzene rings is 1. The monoisotopic (exact) mass is 459 g/mol. The van der Waals surface area contributed by atoms with Gasteiger partial charge in [-0.15, -0.1) is 0 Å². The van der Waals surface area contributed by atoms with Crippen molar-refractivity contribution in [2.75, 3.05) is 20.3 Å². The van der Waals surface area contributed by atoms with Gasteiger partial charge in [0.05, 0.1) is 38.3 Å². The molecule has 9 heteroatoms. The maximum atomic E-state index is 12.9. The van der Waals surface area contributed by atoms with Gasteiger partial charge < -0.3 is 25.2 Å². The Morgan fingerprint density at radius 2 is 1.88 bits per heavy atom. The minimum absolute atomic E-state index is 0.0183. The van der Waals surface area contributed by atoms with Crippen molar-refractivity contribution in [3.05, 3.63) is 46.5 Å². The van der Waals surface area contributed by atoms with Crippen molar-refractivity contribution in [1.29, 1.82) is 0 Å². The molecule has 4 N–H and O–H groups in total. The molecular weight excluding hydrogens is 430 g/mol. The molecule has 178 valence electrons. The van der Waals surface area contributed by atoms with Gasteiger partial charge in [0.2, 0.25) is 11.8 Å². The molecule has 0 unspecified atom stereocenters. The number of methoxy groups -OCH3 is 1. The number of hydrogen-bond donors (Lipinski definition) is 4. The first-order valence-electron chi connectivity index (χ1n) is 10.8. The first-order chi connectivity index (χ1) is 15.7. The Kier molecular flexibility index (Phi) is 7.68. The highest BCUT2D eigenvalue weighted by Gasteiger charge is 2.57. The number of rotatable bonds is 7. The molecule has 0 spiro atoms. The number of imide groups is 3. The van der Waals surface area contributed by atoms with Crippen LogP contribution in [0.5, 0.6) is 5.75 Å². The lowest BCUT2D eigenvalue weighted by Crippen LogP contribution is -2.40. The topological polar surface area (TPSA) is 145 Å². The molecule has 33 heavy (non-hydrogen) atoms. The molecule has 0 radical (unpaired) electrons. The van der Waals surface area contributed by atoms with Crippen molar-refractivity contribution >= 4 is 24.0 Å². The minimum Gasteiger partial charge on any atom is -0.508 e. The molecule has 2 aliphatic rings. The summed E-state index contributed by atoms with van der Waals surface area (Å²) in [6.45, 7) is 0.941. The second kappa shape index (κ2) is 10.3. The highest BCUT2D eigenvalue weighted by Crippen LogP contribution is 2.46. The summed E-state index contributed by atoms with van der Waals surface area (Å²) in [6, 6.07) is 6.68. The first-order valence-corrected chi connectivity index (χ1v) is 10.8. The van der Waals surface area contributed by atoms with Crippen LogP contribution in [-0.4, -0.2) is 69.7 Å². The van der Waals surface area contributed by atoms with Gasteiger partial charge in [-0.1, -0.05) is 23.8 Å². The maximum absolute atomic E-state index is 12.9. The van der Waals surface area contributed by atoms with Gasteiger partial charge in [-0.3, -0.25) is 9.59 Å². The third-order valence-corrected chi connectivity index (χ3v) is 6.41. The lowest BCUT2D eigenvalue weighted by Gasteiger charge is -2.36. The normalized spacial score (nSPS) is 24.2. The number of nitrogens with zero attached hydrogens (tertiary/aromatic N) is 1. The molecule has 0 saturated carbocycles. The van der Waals surface area contributed by atoms with E-state index in [1.54, 1.807) is 24.3 Å². The number of carbonyl (C=O) groups excluding carboxylic acids is 3. The number of fused-ring (bicyclic) bond motifs is 1. The molecule has 0 aromatic heterocycles.